The third kappa shape index (κ3) is 0.794. The molecule has 0 radical (unpaired) electrons. The third-order valence-corrected chi connectivity index (χ3v) is 6.14. The molecule has 52 valence electrons. The fraction of sp³-hybridized carbons (Fsp3) is 1.00. The van der Waals surface area contributed by atoms with Crippen molar-refractivity contribution in [1.29, 1.82) is 0 Å². The van der Waals surface area contributed by atoms with Crippen LogP contribution in [0.3, 0.4) is 0 Å². The molecule has 2 saturated carbocycles. The molecule has 2 fully saturated rings. The van der Waals surface area contributed by atoms with Crippen molar-refractivity contribution in [2.24, 2.45) is 5.92 Å². The van der Waals surface area contributed by atoms with Crippen molar-refractivity contribution in [3.05, 3.63) is 0 Å². The minimum absolute atomic E-state index is 0.525. The molecule has 2 rings (SSSR count). The molecule has 3 unspecified atom stereocenters. The first-order valence-corrected chi connectivity index (χ1v) is 5.53. The molecule has 0 nitrogen and oxygen atoms in total. The highest BCUT2D eigenvalue weighted by molar-refractivity contribution is 7.82. The van der Waals surface area contributed by atoms with Gasteiger partial charge < -0.3 is 0 Å². The Labute approximate surface area is 65.2 Å². The quantitative estimate of drug-likeness (QED) is 0.395. The Balaban J connectivity index is 2.22. The molecule has 2 heteroatoms. The fourth-order valence-corrected chi connectivity index (χ4v) is 4.21. The minimum atomic E-state index is 0.525. The van der Waals surface area contributed by atoms with Crippen molar-refractivity contribution in [2.75, 3.05) is 0 Å². The Morgan fingerprint density at radius 1 is 1.56 bits per heavy atom. The molecular formula is C7H14SSi. The monoisotopic (exact) mass is 158 g/mol. The molecule has 0 N–H and O–H groups in total. The number of rotatable bonds is 0. The van der Waals surface area contributed by atoms with Crippen molar-refractivity contribution >= 4 is 22.9 Å². The predicted molar refractivity (Wildman–Crippen MR) is 47.4 cm³/mol. The van der Waals surface area contributed by atoms with Crippen LogP contribution >= 0.6 is 12.6 Å². The maximum absolute atomic E-state index is 4.75. The highest BCUT2D eigenvalue weighted by atomic mass is 32.1. The zero-order valence-corrected chi connectivity index (χ0v) is 8.82. The number of fused-ring (bicyclic) bond motifs is 2. The summed E-state index contributed by atoms with van der Waals surface area (Å²) in [7, 11) is 1.37. The molecular weight excluding hydrogens is 144 g/mol. The van der Waals surface area contributed by atoms with Gasteiger partial charge in [-0.25, -0.2) is 0 Å². The fourth-order valence-electron chi connectivity index (χ4n) is 2.53. The second-order valence-corrected chi connectivity index (χ2v) is 6.13. The summed E-state index contributed by atoms with van der Waals surface area (Å²) in [6.45, 7) is 0. The second-order valence-electron chi connectivity index (χ2n) is 3.85. The summed E-state index contributed by atoms with van der Waals surface area (Å²) in [6, 6.07) is 0. The lowest BCUT2D eigenvalue weighted by Gasteiger charge is -2.26. The first-order valence-electron chi connectivity index (χ1n) is 3.93. The molecule has 9 heavy (non-hydrogen) atoms. The maximum atomic E-state index is 4.75. The Morgan fingerprint density at radius 3 is 2.56 bits per heavy atom. The van der Waals surface area contributed by atoms with E-state index in [1.54, 1.807) is 0 Å². The molecule has 0 heterocycles. The van der Waals surface area contributed by atoms with E-state index in [1.165, 1.54) is 35.9 Å². The van der Waals surface area contributed by atoms with Gasteiger partial charge in [0.25, 0.3) is 0 Å². The van der Waals surface area contributed by atoms with Crippen molar-refractivity contribution in [3.63, 3.8) is 0 Å². The molecule has 0 saturated heterocycles. The van der Waals surface area contributed by atoms with Gasteiger partial charge in [0.2, 0.25) is 0 Å². The van der Waals surface area contributed by atoms with Crippen LogP contribution in [0.1, 0.15) is 25.7 Å². The summed E-state index contributed by atoms with van der Waals surface area (Å²) < 4.78 is 0.525. The van der Waals surface area contributed by atoms with Crippen LogP contribution in [0.2, 0.25) is 5.54 Å². The van der Waals surface area contributed by atoms with E-state index in [9.17, 15) is 0 Å². The van der Waals surface area contributed by atoms with E-state index >= 15 is 0 Å². The average Bonchev–Trinajstić information content (AvgIpc) is 2.22. The van der Waals surface area contributed by atoms with Crippen LogP contribution in [0, 0.1) is 5.92 Å². The van der Waals surface area contributed by atoms with E-state index in [2.05, 4.69) is 0 Å². The van der Waals surface area contributed by atoms with Gasteiger partial charge >= 0.3 is 0 Å². The van der Waals surface area contributed by atoms with Crippen LogP contribution in [-0.2, 0) is 0 Å². The normalized spacial score (nSPS) is 57.0. The third-order valence-electron chi connectivity index (χ3n) is 3.23. The topological polar surface area (TPSA) is 0 Å². The molecule has 2 aliphatic carbocycles. The zero-order chi connectivity index (χ0) is 6.48. The Hall–Kier alpha value is 0.567. The van der Waals surface area contributed by atoms with Crippen molar-refractivity contribution in [1.82, 2.24) is 0 Å². The highest BCUT2D eigenvalue weighted by Gasteiger charge is 2.47. The molecule has 2 bridgehead atoms. The van der Waals surface area contributed by atoms with Crippen molar-refractivity contribution < 1.29 is 0 Å². The molecule has 0 aromatic heterocycles. The van der Waals surface area contributed by atoms with Gasteiger partial charge in [0.15, 0.2) is 0 Å². The second kappa shape index (κ2) is 1.79. The molecule has 2 aliphatic rings. The molecule has 0 aromatic rings. The molecule has 0 aromatic carbocycles. The average molecular weight is 158 g/mol. The Morgan fingerprint density at radius 2 is 2.33 bits per heavy atom. The van der Waals surface area contributed by atoms with Gasteiger partial charge in [-0.1, -0.05) is 0 Å². The van der Waals surface area contributed by atoms with Gasteiger partial charge in [-0.15, -0.1) is 0 Å². The molecule has 0 amide bonds. The molecule has 0 spiro atoms. The van der Waals surface area contributed by atoms with Gasteiger partial charge in [-0.05, 0) is 37.1 Å². The van der Waals surface area contributed by atoms with Crippen LogP contribution in [0.25, 0.3) is 0 Å². The lowest BCUT2D eigenvalue weighted by Crippen LogP contribution is -2.20. The van der Waals surface area contributed by atoms with Crippen LogP contribution in [0.5, 0.6) is 0 Å². The lowest BCUT2D eigenvalue weighted by molar-refractivity contribution is 0.501. The van der Waals surface area contributed by atoms with Crippen LogP contribution in [0.4, 0.5) is 0 Å². The summed E-state index contributed by atoms with van der Waals surface area (Å²) in [5.41, 5.74) is 1.03. The van der Waals surface area contributed by atoms with Crippen molar-refractivity contribution in [3.8, 4) is 0 Å². The van der Waals surface area contributed by atoms with Crippen LogP contribution < -0.4 is 0 Å². The first-order chi connectivity index (χ1) is 4.21. The standard InChI is InChI=1S/C7H14SSi/c8-7-2-1-5(4-7)3-6(7)9/h5-6,8H,1-4H2,9H3. The molecule has 0 aliphatic heterocycles. The SMILES string of the molecule is [SiH3]C1CC2CCC1(S)C2. The number of hydrogen-bond acceptors (Lipinski definition) is 1. The summed E-state index contributed by atoms with van der Waals surface area (Å²) in [5.74, 6) is 1.07. The number of thiol groups is 1. The van der Waals surface area contributed by atoms with Gasteiger partial charge in [0.1, 0.15) is 0 Å². The van der Waals surface area contributed by atoms with E-state index in [-0.39, 0.29) is 0 Å². The highest BCUT2D eigenvalue weighted by Crippen LogP contribution is 2.56. The minimum Gasteiger partial charge on any atom is -0.173 e. The smallest absolute Gasteiger partial charge is 0.0129 e. The van der Waals surface area contributed by atoms with E-state index in [0.717, 1.165) is 11.5 Å². The zero-order valence-electron chi connectivity index (χ0n) is 5.93. The largest absolute Gasteiger partial charge is 0.173 e. The van der Waals surface area contributed by atoms with Gasteiger partial charge in [0, 0.05) is 15.0 Å². The van der Waals surface area contributed by atoms with Crippen molar-refractivity contribution in [2.45, 2.75) is 36.0 Å². The Bertz CT molecular complexity index is 137. The van der Waals surface area contributed by atoms with Gasteiger partial charge in [0.05, 0.1) is 0 Å². The summed E-state index contributed by atoms with van der Waals surface area (Å²) in [6.07, 6.45) is 5.83. The van der Waals surface area contributed by atoms with Crippen LogP contribution in [0.15, 0.2) is 0 Å². The van der Waals surface area contributed by atoms with Gasteiger partial charge in [-0.2, -0.15) is 12.6 Å². The van der Waals surface area contributed by atoms with Crippen LogP contribution in [-0.4, -0.2) is 15.0 Å². The van der Waals surface area contributed by atoms with E-state index < -0.39 is 0 Å². The van der Waals surface area contributed by atoms with Gasteiger partial charge in [-0.3, -0.25) is 0 Å². The van der Waals surface area contributed by atoms with E-state index in [1.807, 2.05) is 0 Å². The van der Waals surface area contributed by atoms with E-state index in [0.29, 0.717) is 4.75 Å². The summed E-state index contributed by atoms with van der Waals surface area (Å²) in [4.78, 5) is 0. The predicted octanol–water partition coefficient (Wildman–Crippen LogP) is 1.01. The number of hydrogen-bond donors (Lipinski definition) is 1. The maximum Gasteiger partial charge on any atom is 0.0129 e. The summed E-state index contributed by atoms with van der Waals surface area (Å²) >= 11 is 4.75. The van der Waals surface area contributed by atoms with E-state index in [4.69, 9.17) is 12.6 Å². The first kappa shape index (κ1) is 6.29. The molecule has 3 atom stereocenters. The lowest BCUT2D eigenvalue weighted by atomic mass is 9.99. The Kier molecular flexibility index (Phi) is 1.25. The summed E-state index contributed by atoms with van der Waals surface area (Å²) in [5, 5.41) is 0.